The molecule has 1 aliphatic heterocycles. The van der Waals surface area contributed by atoms with E-state index in [-0.39, 0.29) is 30.4 Å². The van der Waals surface area contributed by atoms with Crippen LogP contribution in [0.3, 0.4) is 0 Å². The summed E-state index contributed by atoms with van der Waals surface area (Å²) in [6, 6.07) is 3.57. The summed E-state index contributed by atoms with van der Waals surface area (Å²) in [5, 5.41) is 9.57. The Morgan fingerprint density at radius 1 is 1.23 bits per heavy atom. The van der Waals surface area contributed by atoms with Crippen LogP contribution in [0.2, 0.25) is 0 Å². The van der Waals surface area contributed by atoms with Crippen LogP contribution in [0, 0.1) is 5.92 Å². The second kappa shape index (κ2) is 8.65. The van der Waals surface area contributed by atoms with Crippen molar-refractivity contribution in [1.29, 1.82) is 0 Å². The largest absolute Gasteiger partial charge is 0.489 e. The van der Waals surface area contributed by atoms with Gasteiger partial charge in [-0.3, -0.25) is 4.90 Å². The second-order valence-corrected chi connectivity index (χ2v) is 8.76. The van der Waals surface area contributed by atoms with E-state index in [1.165, 1.54) is 11.0 Å². The highest BCUT2D eigenvalue weighted by molar-refractivity contribution is 5.81. The lowest BCUT2D eigenvalue weighted by Crippen LogP contribution is -2.43. The van der Waals surface area contributed by atoms with Crippen LogP contribution in [0.1, 0.15) is 51.5 Å². The molecule has 7 nitrogen and oxygen atoms in total. The first-order valence-electron chi connectivity index (χ1n) is 9.97. The number of benzene rings is 1. The topological polar surface area (TPSA) is 85.3 Å². The van der Waals surface area contributed by atoms with Gasteiger partial charge in [-0.05, 0) is 63.6 Å². The van der Waals surface area contributed by atoms with Crippen LogP contribution in [0.25, 0.3) is 0 Å². The number of carboxylic acids is 1. The van der Waals surface area contributed by atoms with Gasteiger partial charge in [-0.2, -0.15) is 8.78 Å². The van der Waals surface area contributed by atoms with E-state index in [4.69, 9.17) is 9.47 Å². The number of carbonyl (C=O) groups excluding carboxylic acids is 1. The van der Waals surface area contributed by atoms with Crippen molar-refractivity contribution in [3.63, 3.8) is 0 Å². The number of alkyl halides is 2. The molecule has 1 saturated carbocycles. The standard InChI is InChI=1S/C21H27F2NO6/c1-21(2,3)30-20(27)24-10-14(8-15(24)18(25)26)13-6-7-16(29-19(22)23)17(9-13)28-11-12-4-5-12/h6-7,9,12,14-15,19H,4-5,8,10-11H2,1-3H3,(H,25,26)/t14?,15-/m0/s1. The number of carboxylic acid groups (broad SMARTS) is 1. The Morgan fingerprint density at radius 3 is 2.50 bits per heavy atom. The molecule has 1 unspecified atom stereocenters. The molecule has 0 radical (unpaired) electrons. The quantitative estimate of drug-likeness (QED) is 0.700. The molecule has 1 N–H and O–H groups in total. The number of hydrogen-bond acceptors (Lipinski definition) is 5. The highest BCUT2D eigenvalue weighted by atomic mass is 19.3. The maximum Gasteiger partial charge on any atom is 0.411 e. The SMILES string of the molecule is CC(C)(C)OC(=O)N1CC(c2ccc(OC(F)F)c(OCC3CC3)c2)C[C@H]1C(=O)O. The molecule has 3 rings (SSSR count). The molecule has 1 saturated heterocycles. The lowest BCUT2D eigenvalue weighted by molar-refractivity contribution is -0.142. The van der Waals surface area contributed by atoms with E-state index in [0.717, 1.165) is 12.8 Å². The van der Waals surface area contributed by atoms with Gasteiger partial charge in [0, 0.05) is 12.5 Å². The van der Waals surface area contributed by atoms with E-state index in [9.17, 15) is 23.5 Å². The Kier molecular flexibility index (Phi) is 6.38. The third-order valence-corrected chi connectivity index (χ3v) is 5.04. The van der Waals surface area contributed by atoms with Gasteiger partial charge in [0.25, 0.3) is 0 Å². The van der Waals surface area contributed by atoms with E-state index in [1.54, 1.807) is 32.9 Å². The van der Waals surface area contributed by atoms with Gasteiger partial charge in [-0.25, -0.2) is 9.59 Å². The highest BCUT2D eigenvalue weighted by Gasteiger charge is 2.42. The van der Waals surface area contributed by atoms with Crippen LogP contribution in [0.5, 0.6) is 11.5 Å². The maximum atomic E-state index is 12.7. The maximum absolute atomic E-state index is 12.7. The van der Waals surface area contributed by atoms with Gasteiger partial charge in [0.05, 0.1) is 6.61 Å². The minimum atomic E-state index is -2.98. The van der Waals surface area contributed by atoms with E-state index < -0.39 is 30.3 Å². The van der Waals surface area contributed by atoms with Crippen LogP contribution in [0.4, 0.5) is 13.6 Å². The molecule has 9 heteroatoms. The van der Waals surface area contributed by atoms with Gasteiger partial charge in [-0.15, -0.1) is 0 Å². The van der Waals surface area contributed by atoms with Crippen LogP contribution in [-0.2, 0) is 9.53 Å². The first-order chi connectivity index (χ1) is 14.0. The van der Waals surface area contributed by atoms with Gasteiger partial charge < -0.3 is 19.3 Å². The van der Waals surface area contributed by atoms with Gasteiger partial charge in [-0.1, -0.05) is 6.07 Å². The highest BCUT2D eigenvalue weighted by Crippen LogP contribution is 2.39. The third-order valence-electron chi connectivity index (χ3n) is 5.04. The molecule has 1 aromatic rings. The first kappa shape index (κ1) is 22.1. The lowest BCUT2D eigenvalue weighted by atomic mass is 9.96. The number of likely N-dealkylation sites (tertiary alicyclic amines) is 1. The van der Waals surface area contributed by atoms with E-state index in [0.29, 0.717) is 18.1 Å². The zero-order valence-corrected chi connectivity index (χ0v) is 17.3. The van der Waals surface area contributed by atoms with Crippen molar-refractivity contribution in [3.8, 4) is 11.5 Å². The molecule has 2 aliphatic rings. The number of carbonyl (C=O) groups is 2. The first-order valence-corrected chi connectivity index (χ1v) is 9.97. The molecule has 1 amide bonds. The molecular formula is C21H27F2NO6. The normalized spacial score (nSPS) is 21.6. The fourth-order valence-electron chi connectivity index (χ4n) is 3.41. The second-order valence-electron chi connectivity index (χ2n) is 8.76. The van der Waals surface area contributed by atoms with Crippen LogP contribution >= 0.6 is 0 Å². The molecule has 1 heterocycles. The van der Waals surface area contributed by atoms with Crippen LogP contribution in [-0.4, -0.2) is 53.5 Å². The molecule has 0 aromatic heterocycles. The Labute approximate surface area is 173 Å². The van der Waals surface area contributed by atoms with Gasteiger partial charge >= 0.3 is 18.7 Å². The van der Waals surface area contributed by atoms with Gasteiger partial charge in [0.1, 0.15) is 11.6 Å². The van der Waals surface area contributed by atoms with Crippen molar-refractivity contribution in [2.24, 2.45) is 5.92 Å². The number of nitrogens with zero attached hydrogens (tertiary/aromatic N) is 1. The van der Waals surface area contributed by atoms with E-state index in [1.807, 2.05) is 0 Å². The summed E-state index contributed by atoms with van der Waals surface area (Å²) < 4.78 is 41.0. The smallest absolute Gasteiger partial charge is 0.411 e. The molecule has 2 fully saturated rings. The molecule has 0 bridgehead atoms. The zero-order chi connectivity index (χ0) is 22.1. The van der Waals surface area contributed by atoms with Crippen molar-refractivity contribution >= 4 is 12.1 Å². The molecule has 2 atom stereocenters. The summed E-state index contributed by atoms with van der Waals surface area (Å²) in [6.45, 7) is 2.70. The lowest BCUT2D eigenvalue weighted by Gasteiger charge is -2.26. The van der Waals surface area contributed by atoms with Crippen molar-refractivity contribution < 1.29 is 37.7 Å². The van der Waals surface area contributed by atoms with Crippen molar-refractivity contribution in [2.75, 3.05) is 13.2 Å². The van der Waals surface area contributed by atoms with E-state index >= 15 is 0 Å². The average molecular weight is 427 g/mol. The van der Waals surface area contributed by atoms with Crippen LogP contribution in [0.15, 0.2) is 18.2 Å². The average Bonchev–Trinajstić information content (AvgIpc) is 3.34. The van der Waals surface area contributed by atoms with Gasteiger partial charge in [0.15, 0.2) is 11.5 Å². The molecule has 1 aromatic carbocycles. The summed E-state index contributed by atoms with van der Waals surface area (Å²) in [6.07, 6.45) is 1.57. The third kappa shape index (κ3) is 5.73. The Morgan fingerprint density at radius 2 is 1.93 bits per heavy atom. The predicted molar refractivity (Wildman–Crippen MR) is 103 cm³/mol. The number of halogens is 2. The van der Waals surface area contributed by atoms with Crippen molar-refractivity contribution in [2.45, 2.75) is 64.2 Å². The number of amides is 1. The predicted octanol–water partition coefficient (Wildman–Crippen LogP) is 4.25. The fraction of sp³-hybridized carbons (Fsp3) is 0.619. The number of aliphatic carboxylic acids is 1. The summed E-state index contributed by atoms with van der Waals surface area (Å²) in [4.78, 5) is 25.4. The number of hydrogen-bond donors (Lipinski definition) is 1. The number of rotatable bonds is 7. The zero-order valence-electron chi connectivity index (χ0n) is 17.3. The van der Waals surface area contributed by atoms with Crippen molar-refractivity contribution in [3.05, 3.63) is 23.8 Å². The Bertz CT molecular complexity index is 790. The molecule has 30 heavy (non-hydrogen) atoms. The fourth-order valence-corrected chi connectivity index (χ4v) is 3.41. The Balaban J connectivity index is 1.80. The molecule has 0 spiro atoms. The molecular weight excluding hydrogens is 400 g/mol. The van der Waals surface area contributed by atoms with Crippen LogP contribution < -0.4 is 9.47 Å². The summed E-state index contributed by atoms with van der Waals surface area (Å²) in [5.41, 5.74) is -0.0595. The minimum absolute atomic E-state index is 0.0637. The van der Waals surface area contributed by atoms with E-state index in [2.05, 4.69) is 4.74 Å². The number of ether oxygens (including phenoxy) is 3. The minimum Gasteiger partial charge on any atom is -0.489 e. The molecule has 1 aliphatic carbocycles. The summed E-state index contributed by atoms with van der Waals surface area (Å²) in [7, 11) is 0. The van der Waals surface area contributed by atoms with Gasteiger partial charge in [0.2, 0.25) is 0 Å². The molecule has 166 valence electrons. The summed E-state index contributed by atoms with van der Waals surface area (Å²) >= 11 is 0. The summed E-state index contributed by atoms with van der Waals surface area (Å²) in [5.74, 6) is -0.874. The van der Waals surface area contributed by atoms with Crippen molar-refractivity contribution in [1.82, 2.24) is 4.90 Å². The monoisotopic (exact) mass is 427 g/mol. The Hall–Kier alpha value is -2.58.